The van der Waals surface area contributed by atoms with E-state index in [0.29, 0.717) is 35.3 Å². The van der Waals surface area contributed by atoms with Crippen molar-refractivity contribution < 1.29 is 14.4 Å². The van der Waals surface area contributed by atoms with Gasteiger partial charge in [0.15, 0.2) is 0 Å². The normalized spacial score (nSPS) is 12.6. The third-order valence-electron chi connectivity index (χ3n) is 4.46. The monoisotopic (exact) mass is 391 g/mol. The molecule has 0 atom stereocenters. The molecule has 0 saturated heterocycles. The highest BCUT2D eigenvalue weighted by Gasteiger charge is 2.17. The molecule has 1 aliphatic heterocycles. The van der Waals surface area contributed by atoms with Crippen LogP contribution in [0.15, 0.2) is 59.3 Å². The number of carbonyl (C=O) groups is 3. The van der Waals surface area contributed by atoms with Gasteiger partial charge in [0.1, 0.15) is 0 Å². The van der Waals surface area contributed by atoms with Gasteiger partial charge in [-0.1, -0.05) is 12.1 Å². The molecule has 0 radical (unpaired) electrons. The first kappa shape index (κ1) is 17.9. The van der Waals surface area contributed by atoms with Gasteiger partial charge in [-0.3, -0.25) is 14.4 Å². The Hall–Kier alpha value is -3.45. The number of rotatable bonds is 4. The van der Waals surface area contributed by atoms with E-state index < -0.39 is 0 Å². The van der Waals surface area contributed by atoms with Crippen molar-refractivity contribution in [1.29, 1.82) is 0 Å². The summed E-state index contributed by atoms with van der Waals surface area (Å²) in [5.74, 6) is -0.577. The molecule has 3 N–H and O–H groups in total. The molecule has 4 rings (SSSR count). The summed E-state index contributed by atoms with van der Waals surface area (Å²) >= 11 is 1.44. The van der Waals surface area contributed by atoms with Gasteiger partial charge < -0.3 is 16.0 Å². The molecule has 6 nitrogen and oxygen atoms in total. The number of benzene rings is 2. The predicted octanol–water partition coefficient (Wildman–Crippen LogP) is 4.14. The third-order valence-corrected chi connectivity index (χ3v) is 5.15. The fourth-order valence-corrected chi connectivity index (χ4v) is 3.67. The second-order valence-electron chi connectivity index (χ2n) is 6.39. The van der Waals surface area contributed by atoms with Gasteiger partial charge in [0.25, 0.3) is 11.8 Å². The van der Waals surface area contributed by atoms with Crippen LogP contribution in [0.1, 0.15) is 32.7 Å². The molecule has 0 fully saturated rings. The maximum absolute atomic E-state index is 12.8. The highest BCUT2D eigenvalue weighted by atomic mass is 32.1. The Labute approximate surface area is 165 Å². The summed E-state index contributed by atoms with van der Waals surface area (Å²) in [6.45, 7) is 0. The van der Waals surface area contributed by atoms with Crippen LogP contribution >= 0.6 is 11.3 Å². The lowest BCUT2D eigenvalue weighted by Crippen LogP contribution is -2.20. The number of hydrogen-bond donors (Lipinski definition) is 3. The predicted molar refractivity (Wildman–Crippen MR) is 110 cm³/mol. The summed E-state index contributed by atoms with van der Waals surface area (Å²) in [6, 6.07) is 14.0. The van der Waals surface area contributed by atoms with Crippen LogP contribution in [0.5, 0.6) is 0 Å². The number of fused-ring (bicyclic) bond motifs is 1. The first-order valence-electron chi connectivity index (χ1n) is 8.77. The highest BCUT2D eigenvalue weighted by Crippen LogP contribution is 2.26. The minimum absolute atomic E-state index is 0.000392. The summed E-state index contributed by atoms with van der Waals surface area (Å²) in [7, 11) is 0. The van der Waals surface area contributed by atoms with Crippen molar-refractivity contribution in [3.63, 3.8) is 0 Å². The number of hydrogen-bond acceptors (Lipinski definition) is 4. The van der Waals surface area contributed by atoms with E-state index in [4.69, 9.17) is 0 Å². The van der Waals surface area contributed by atoms with Crippen LogP contribution in [0.2, 0.25) is 0 Å². The minimum Gasteiger partial charge on any atom is -0.326 e. The van der Waals surface area contributed by atoms with E-state index in [1.54, 1.807) is 47.8 Å². The SMILES string of the molecule is O=C1CCc2cc(NC(=O)c3ccccc3NC(=O)c3ccsc3)ccc2N1. The van der Waals surface area contributed by atoms with Gasteiger partial charge in [-0.15, -0.1) is 0 Å². The Kier molecular flexibility index (Phi) is 4.90. The molecule has 0 aliphatic carbocycles. The van der Waals surface area contributed by atoms with E-state index in [0.717, 1.165) is 11.3 Å². The van der Waals surface area contributed by atoms with Gasteiger partial charge in [0.2, 0.25) is 5.91 Å². The van der Waals surface area contributed by atoms with Crippen molar-refractivity contribution in [3.05, 3.63) is 76.0 Å². The molecule has 1 aromatic heterocycles. The second-order valence-corrected chi connectivity index (χ2v) is 7.17. The topological polar surface area (TPSA) is 87.3 Å². The standard InChI is InChI=1S/C21H17N3O3S/c25-19-8-5-13-11-15(6-7-17(13)23-19)22-21(27)16-3-1-2-4-18(16)24-20(26)14-9-10-28-12-14/h1-4,6-7,9-12H,5,8H2,(H,22,27)(H,23,25)(H,24,26). The number of para-hydroxylation sites is 1. The first-order chi connectivity index (χ1) is 13.6. The summed E-state index contributed by atoms with van der Waals surface area (Å²) in [5, 5.41) is 12.1. The van der Waals surface area contributed by atoms with Gasteiger partial charge in [-0.25, -0.2) is 0 Å². The zero-order chi connectivity index (χ0) is 19.5. The van der Waals surface area contributed by atoms with E-state index in [-0.39, 0.29) is 17.7 Å². The van der Waals surface area contributed by atoms with E-state index in [1.165, 1.54) is 11.3 Å². The summed E-state index contributed by atoms with van der Waals surface area (Å²) in [4.78, 5) is 36.6. The van der Waals surface area contributed by atoms with Crippen LogP contribution in [0.4, 0.5) is 17.1 Å². The summed E-state index contributed by atoms with van der Waals surface area (Å²) in [5.41, 5.74) is 3.77. The molecule has 3 aromatic rings. The molecular formula is C21H17N3O3S. The van der Waals surface area contributed by atoms with Crippen LogP contribution in [0, 0.1) is 0 Å². The van der Waals surface area contributed by atoms with Crippen LogP contribution in [-0.2, 0) is 11.2 Å². The van der Waals surface area contributed by atoms with Crippen molar-refractivity contribution in [2.45, 2.75) is 12.8 Å². The quantitative estimate of drug-likeness (QED) is 0.625. The fourth-order valence-electron chi connectivity index (χ4n) is 3.04. The maximum Gasteiger partial charge on any atom is 0.257 e. The van der Waals surface area contributed by atoms with Gasteiger partial charge >= 0.3 is 0 Å². The lowest BCUT2D eigenvalue weighted by molar-refractivity contribution is -0.116. The van der Waals surface area contributed by atoms with E-state index in [1.807, 2.05) is 11.4 Å². The van der Waals surface area contributed by atoms with Crippen molar-refractivity contribution in [1.82, 2.24) is 0 Å². The third kappa shape index (κ3) is 3.79. The van der Waals surface area contributed by atoms with Crippen molar-refractivity contribution >= 4 is 46.1 Å². The molecule has 0 unspecified atom stereocenters. The molecule has 28 heavy (non-hydrogen) atoms. The molecule has 0 saturated carbocycles. The Morgan fingerprint density at radius 3 is 2.64 bits per heavy atom. The molecule has 2 aromatic carbocycles. The number of thiophene rings is 1. The molecule has 7 heteroatoms. The first-order valence-corrected chi connectivity index (χ1v) is 9.71. The van der Waals surface area contributed by atoms with Crippen LogP contribution in [-0.4, -0.2) is 17.7 Å². The average Bonchev–Trinajstić information content (AvgIpc) is 3.23. The number of nitrogens with one attached hydrogen (secondary N) is 3. The zero-order valence-electron chi connectivity index (χ0n) is 14.8. The lowest BCUT2D eigenvalue weighted by Gasteiger charge is -2.18. The highest BCUT2D eigenvalue weighted by molar-refractivity contribution is 7.08. The Morgan fingerprint density at radius 2 is 1.82 bits per heavy atom. The van der Waals surface area contributed by atoms with Crippen molar-refractivity contribution in [3.8, 4) is 0 Å². The number of amides is 3. The number of aryl methyl sites for hydroxylation is 1. The van der Waals surface area contributed by atoms with E-state index in [9.17, 15) is 14.4 Å². The van der Waals surface area contributed by atoms with Gasteiger partial charge in [-0.05, 0) is 53.8 Å². The fraction of sp³-hybridized carbons (Fsp3) is 0.0952. The number of anilines is 3. The average molecular weight is 391 g/mol. The van der Waals surface area contributed by atoms with Crippen LogP contribution in [0.25, 0.3) is 0 Å². The zero-order valence-corrected chi connectivity index (χ0v) is 15.6. The minimum atomic E-state index is -0.319. The van der Waals surface area contributed by atoms with Crippen molar-refractivity contribution in [2.75, 3.05) is 16.0 Å². The molecule has 140 valence electrons. The molecule has 3 amide bonds. The van der Waals surface area contributed by atoms with E-state index >= 15 is 0 Å². The molecule has 2 heterocycles. The van der Waals surface area contributed by atoms with E-state index in [2.05, 4.69) is 16.0 Å². The van der Waals surface area contributed by atoms with Crippen LogP contribution in [0.3, 0.4) is 0 Å². The largest absolute Gasteiger partial charge is 0.326 e. The Morgan fingerprint density at radius 1 is 0.964 bits per heavy atom. The lowest BCUT2D eigenvalue weighted by atomic mass is 10.0. The smallest absolute Gasteiger partial charge is 0.257 e. The van der Waals surface area contributed by atoms with Gasteiger partial charge in [0.05, 0.1) is 16.8 Å². The molecule has 0 bridgehead atoms. The van der Waals surface area contributed by atoms with Crippen molar-refractivity contribution in [2.24, 2.45) is 0 Å². The van der Waals surface area contributed by atoms with Crippen LogP contribution < -0.4 is 16.0 Å². The van der Waals surface area contributed by atoms with Gasteiger partial charge in [0, 0.05) is 23.2 Å². The molecule has 1 aliphatic rings. The maximum atomic E-state index is 12.8. The Bertz CT molecular complexity index is 1060. The van der Waals surface area contributed by atoms with Gasteiger partial charge in [-0.2, -0.15) is 11.3 Å². The second kappa shape index (κ2) is 7.66. The summed E-state index contributed by atoms with van der Waals surface area (Å²) < 4.78 is 0. The summed E-state index contributed by atoms with van der Waals surface area (Å²) in [6.07, 6.45) is 1.07. The molecule has 0 spiro atoms. The Balaban J connectivity index is 1.53. The molecular weight excluding hydrogens is 374 g/mol. The number of carbonyl (C=O) groups excluding carboxylic acids is 3.